The van der Waals surface area contributed by atoms with Crippen LogP contribution in [0.2, 0.25) is 0 Å². The van der Waals surface area contributed by atoms with Crippen LogP contribution in [-0.4, -0.2) is 18.5 Å². The zero-order valence-electron chi connectivity index (χ0n) is 10.8. The van der Waals surface area contributed by atoms with E-state index >= 15 is 0 Å². The maximum atomic E-state index is 5.88. The average molecular weight is 308 g/mol. The van der Waals surface area contributed by atoms with Gasteiger partial charge < -0.3 is 4.74 Å². The van der Waals surface area contributed by atoms with Crippen LogP contribution in [0.1, 0.15) is 32.3 Å². The van der Waals surface area contributed by atoms with Gasteiger partial charge in [0.1, 0.15) is 6.61 Å². The fourth-order valence-electron chi connectivity index (χ4n) is 2.53. The quantitative estimate of drug-likeness (QED) is 0.829. The predicted molar refractivity (Wildman–Crippen MR) is 77.1 cm³/mol. The van der Waals surface area contributed by atoms with Gasteiger partial charge in [0.05, 0.1) is 11.5 Å². The Bertz CT molecular complexity index is 491. The molecule has 96 valence electrons. The number of aliphatic imine (C=N–C) groups is 1. The van der Waals surface area contributed by atoms with Crippen molar-refractivity contribution in [2.45, 2.75) is 38.1 Å². The van der Waals surface area contributed by atoms with Gasteiger partial charge >= 0.3 is 0 Å². The third-order valence-electron chi connectivity index (χ3n) is 3.98. The van der Waals surface area contributed by atoms with E-state index in [9.17, 15) is 0 Å². The molecule has 1 fully saturated rings. The van der Waals surface area contributed by atoms with E-state index < -0.39 is 0 Å². The van der Waals surface area contributed by atoms with E-state index in [4.69, 9.17) is 9.73 Å². The van der Waals surface area contributed by atoms with Crippen LogP contribution in [0.5, 0.6) is 0 Å². The molecule has 1 aliphatic heterocycles. The highest BCUT2D eigenvalue weighted by molar-refractivity contribution is 9.10. The van der Waals surface area contributed by atoms with Gasteiger partial charge in [-0.25, -0.2) is 4.99 Å². The lowest BCUT2D eigenvalue weighted by atomic mass is 9.96. The summed E-state index contributed by atoms with van der Waals surface area (Å²) in [5.74, 6) is 1.53. The molecule has 18 heavy (non-hydrogen) atoms. The number of hydrogen-bond acceptors (Lipinski definition) is 2. The van der Waals surface area contributed by atoms with Gasteiger partial charge in [0.2, 0.25) is 0 Å². The van der Waals surface area contributed by atoms with Crippen molar-refractivity contribution >= 4 is 21.8 Å². The number of rotatable bonds is 3. The van der Waals surface area contributed by atoms with Gasteiger partial charge in [-0.15, -0.1) is 0 Å². The second-order valence-corrected chi connectivity index (χ2v) is 6.56. The Balaban J connectivity index is 1.90. The summed E-state index contributed by atoms with van der Waals surface area (Å²) in [6.45, 7) is 5.17. The molecule has 0 radical (unpaired) electrons. The minimum absolute atomic E-state index is 0.0768. The number of benzene rings is 1. The van der Waals surface area contributed by atoms with Crippen LogP contribution in [0.3, 0.4) is 0 Å². The van der Waals surface area contributed by atoms with Gasteiger partial charge in [-0.05, 0) is 36.5 Å². The molecule has 0 aromatic heterocycles. The molecule has 1 aromatic rings. The van der Waals surface area contributed by atoms with Crippen LogP contribution in [-0.2, 0) is 10.2 Å². The van der Waals surface area contributed by atoms with Crippen molar-refractivity contribution in [2.75, 3.05) is 6.61 Å². The van der Waals surface area contributed by atoms with Gasteiger partial charge in [0.15, 0.2) is 5.90 Å². The van der Waals surface area contributed by atoms with Crippen molar-refractivity contribution < 1.29 is 4.74 Å². The summed E-state index contributed by atoms with van der Waals surface area (Å²) < 4.78 is 7.01. The third kappa shape index (κ3) is 1.99. The van der Waals surface area contributed by atoms with Gasteiger partial charge in [-0.1, -0.05) is 41.9 Å². The molecule has 0 bridgehead atoms. The van der Waals surface area contributed by atoms with E-state index in [1.165, 1.54) is 5.56 Å². The highest BCUT2D eigenvalue weighted by atomic mass is 79.9. The third-order valence-corrected chi connectivity index (χ3v) is 4.47. The molecule has 1 saturated carbocycles. The summed E-state index contributed by atoms with van der Waals surface area (Å²) in [6.07, 6.45) is 2.32. The van der Waals surface area contributed by atoms with Crippen molar-refractivity contribution in [3.63, 3.8) is 0 Å². The van der Waals surface area contributed by atoms with E-state index in [2.05, 4.69) is 54.0 Å². The Morgan fingerprint density at radius 2 is 2.17 bits per heavy atom. The summed E-state index contributed by atoms with van der Waals surface area (Å²) in [6, 6.07) is 8.88. The van der Waals surface area contributed by atoms with Crippen molar-refractivity contribution in [1.29, 1.82) is 0 Å². The first-order chi connectivity index (χ1) is 8.62. The monoisotopic (exact) mass is 307 g/mol. The van der Waals surface area contributed by atoms with E-state index in [1.807, 2.05) is 0 Å². The minimum Gasteiger partial charge on any atom is -0.478 e. The van der Waals surface area contributed by atoms with Crippen molar-refractivity contribution in [3.8, 4) is 0 Å². The van der Waals surface area contributed by atoms with E-state index in [0.29, 0.717) is 12.0 Å². The molecular formula is C15H18BrNO. The molecule has 3 rings (SSSR count). The van der Waals surface area contributed by atoms with E-state index in [0.717, 1.165) is 29.8 Å². The number of nitrogens with zero attached hydrogens (tertiary/aromatic N) is 1. The van der Waals surface area contributed by atoms with Gasteiger partial charge in [-0.2, -0.15) is 0 Å². The largest absolute Gasteiger partial charge is 0.478 e. The van der Waals surface area contributed by atoms with Crippen LogP contribution >= 0.6 is 15.9 Å². The molecule has 3 heteroatoms. The Hall–Kier alpha value is -0.830. The molecule has 1 aliphatic carbocycles. The molecule has 1 heterocycles. The molecule has 2 nitrogen and oxygen atoms in total. The lowest BCUT2D eigenvalue weighted by Crippen LogP contribution is -2.20. The molecule has 0 unspecified atom stereocenters. The van der Waals surface area contributed by atoms with Crippen LogP contribution in [0, 0.1) is 5.92 Å². The lowest BCUT2D eigenvalue weighted by Gasteiger charge is -2.15. The molecule has 2 aliphatic rings. The molecule has 0 amide bonds. The SMILES string of the molecule is CC(C)[C@H]1COC(C2(c3cccc(Br)c3)CC2)=N1. The molecular weight excluding hydrogens is 290 g/mol. The molecule has 1 aromatic carbocycles. The van der Waals surface area contributed by atoms with Crippen LogP contribution in [0.4, 0.5) is 0 Å². The number of hydrogen-bond donors (Lipinski definition) is 0. The molecule has 0 saturated heterocycles. The Labute approximate surface area is 117 Å². The van der Waals surface area contributed by atoms with E-state index in [-0.39, 0.29) is 5.41 Å². The highest BCUT2D eigenvalue weighted by Crippen LogP contribution is 2.51. The van der Waals surface area contributed by atoms with Crippen molar-refractivity contribution in [1.82, 2.24) is 0 Å². The summed E-state index contributed by atoms with van der Waals surface area (Å²) in [5, 5.41) is 0. The molecule has 0 spiro atoms. The Morgan fingerprint density at radius 1 is 1.39 bits per heavy atom. The highest BCUT2D eigenvalue weighted by Gasteiger charge is 2.52. The molecule has 0 N–H and O–H groups in total. The topological polar surface area (TPSA) is 21.6 Å². The first kappa shape index (κ1) is 12.2. The van der Waals surface area contributed by atoms with Crippen molar-refractivity contribution in [2.24, 2.45) is 10.9 Å². The fraction of sp³-hybridized carbons (Fsp3) is 0.533. The Kier molecular flexibility index (Phi) is 2.97. The van der Waals surface area contributed by atoms with Crippen LogP contribution in [0.15, 0.2) is 33.7 Å². The predicted octanol–water partition coefficient (Wildman–Crippen LogP) is 3.93. The zero-order chi connectivity index (χ0) is 12.8. The van der Waals surface area contributed by atoms with Gasteiger partial charge in [0, 0.05) is 4.47 Å². The minimum atomic E-state index is 0.0768. The van der Waals surface area contributed by atoms with Crippen LogP contribution in [0.25, 0.3) is 0 Å². The zero-order valence-corrected chi connectivity index (χ0v) is 12.4. The van der Waals surface area contributed by atoms with Gasteiger partial charge in [-0.3, -0.25) is 0 Å². The Morgan fingerprint density at radius 3 is 2.72 bits per heavy atom. The van der Waals surface area contributed by atoms with Crippen molar-refractivity contribution in [3.05, 3.63) is 34.3 Å². The van der Waals surface area contributed by atoms with E-state index in [1.54, 1.807) is 0 Å². The maximum Gasteiger partial charge on any atom is 0.194 e. The molecule has 1 atom stereocenters. The number of ether oxygens (including phenoxy) is 1. The standard InChI is InChI=1S/C15H18BrNO/c1-10(2)13-9-18-14(17-13)15(6-7-15)11-4-3-5-12(16)8-11/h3-5,8,10,13H,6-7,9H2,1-2H3/t13-/m1/s1. The summed E-state index contributed by atoms with van der Waals surface area (Å²) in [4.78, 5) is 4.81. The second kappa shape index (κ2) is 4.37. The summed E-state index contributed by atoms with van der Waals surface area (Å²) >= 11 is 3.55. The summed E-state index contributed by atoms with van der Waals surface area (Å²) in [7, 11) is 0. The van der Waals surface area contributed by atoms with Gasteiger partial charge in [0.25, 0.3) is 0 Å². The fourth-order valence-corrected chi connectivity index (χ4v) is 2.93. The normalized spacial score (nSPS) is 24.9. The average Bonchev–Trinajstić information content (AvgIpc) is 2.99. The first-order valence-corrected chi connectivity index (χ1v) is 7.38. The smallest absolute Gasteiger partial charge is 0.194 e. The summed E-state index contributed by atoms with van der Waals surface area (Å²) in [5.41, 5.74) is 1.41. The first-order valence-electron chi connectivity index (χ1n) is 6.59. The van der Waals surface area contributed by atoms with Crippen LogP contribution < -0.4 is 0 Å². The lowest BCUT2D eigenvalue weighted by molar-refractivity contribution is 0.281. The maximum absolute atomic E-state index is 5.88. The number of halogens is 1. The second-order valence-electron chi connectivity index (χ2n) is 5.65.